The Hall–Kier alpha value is -4.25. The highest BCUT2D eigenvalue weighted by Crippen LogP contribution is 2.16. The van der Waals surface area contributed by atoms with Crippen LogP contribution in [0.1, 0.15) is 32.7 Å². The van der Waals surface area contributed by atoms with Crippen LogP contribution in [0.2, 0.25) is 0 Å². The summed E-state index contributed by atoms with van der Waals surface area (Å²) >= 11 is 0. The van der Waals surface area contributed by atoms with Gasteiger partial charge in [-0.25, -0.2) is 4.39 Å². The highest BCUT2D eigenvalue weighted by atomic mass is 19.1. The Kier molecular flexibility index (Phi) is 6.80. The molecule has 0 radical (unpaired) electrons. The Bertz CT molecular complexity index is 1290. The van der Waals surface area contributed by atoms with Gasteiger partial charge in [-0.1, -0.05) is 30.3 Å². The van der Waals surface area contributed by atoms with E-state index in [1.165, 1.54) is 16.7 Å². The quantitative estimate of drug-likeness (QED) is 0.625. The minimum absolute atomic E-state index is 0.0112. The number of nitriles is 1. The van der Waals surface area contributed by atoms with Crippen LogP contribution in [0.4, 0.5) is 10.1 Å². The first-order valence-electron chi connectivity index (χ1n) is 9.83. The summed E-state index contributed by atoms with van der Waals surface area (Å²) in [7, 11) is 0. The summed E-state index contributed by atoms with van der Waals surface area (Å²) in [4.78, 5) is 37.8. The van der Waals surface area contributed by atoms with E-state index in [4.69, 9.17) is 0 Å². The van der Waals surface area contributed by atoms with Crippen LogP contribution in [0, 0.1) is 31.0 Å². The molecule has 0 unspecified atom stereocenters. The number of nitrogens with zero attached hydrogens (tertiary/aromatic N) is 2. The number of para-hydroxylation sites is 1. The zero-order valence-electron chi connectivity index (χ0n) is 17.6. The summed E-state index contributed by atoms with van der Waals surface area (Å²) < 4.78 is 15.0. The van der Waals surface area contributed by atoms with E-state index in [1.54, 1.807) is 56.3 Å². The fourth-order valence-corrected chi connectivity index (χ4v) is 3.30. The summed E-state index contributed by atoms with van der Waals surface area (Å²) in [6.45, 7) is 3.01. The third-order valence-electron chi connectivity index (χ3n) is 4.96. The van der Waals surface area contributed by atoms with Crippen LogP contribution in [0.25, 0.3) is 0 Å². The van der Waals surface area contributed by atoms with Crippen LogP contribution < -0.4 is 16.2 Å². The molecule has 162 valence electrons. The average Bonchev–Trinajstić information content (AvgIpc) is 2.76. The van der Waals surface area contributed by atoms with Gasteiger partial charge < -0.3 is 15.2 Å². The zero-order valence-corrected chi connectivity index (χ0v) is 17.6. The van der Waals surface area contributed by atoms with Crippen molar-refractivity contribution in [2.45, 2.75) is 26.9 Å². The van der Waals surface area contributed by atoms with Gasteiger partial charge in [0.2, 0.25) is 5.91 Å². The van der Waals surface area contributed by atoms with E-state index in [-0.39, 0.29) is 29.9 Å². The Labute approximate surface area is 184 Å². The molecule has 0 aliphatic carbocycles. The number of halogens is 1. The van der Waals surface area contributed by atoms with Gasteiger partial charge in [-0.05, 0) is 43.7 Å². The van der Waals surface area contributed by atoms with Crippen molar-refractivity contribution in [1.29, 1.82) is 5.26 Å². The number of benzene rings is 2. The summed E-state index contributed by atoms with van der Waals surface area (Å²) in [5.74, 6) is -1.44. The molecule has 3 rings (SSSR count). The predicted molar refractivity (Wildman–Crippen MR) is 118 cm³/mol. The van der Waals surface area contributed by atoms with Gasteiger partial charge in [0.05, 0.1) is 11.3 Å². The number of carbonyl (C=O) groups excluding carboxylic acids is 2. The molecule has 0 aliphatic heterocycles. The van der Waals surface area contributed by atoms with Gasteiger partial charge in [0, 0.05) is 17.8 Å². The molecule has 0 bridgehead atoms. The number of nitrogens with one attached hydrogen (secondary N) is 2. The van der Waals surface area contributed by atoms with Crippen LogP contribution in [-0.4, -0.2) is 16.4 Å². The monoisotopic (exact) mass is 432 g/mol. The lowest BCUT2D eigenvalue weighted by Gasteiger charge is -2.14. The van der Waals surface area contributed by atoms with Gasteiger partial charge in [-0.15, -0.1) is 0 Å². The second-order valence-electron chi connectivity index (χ2n) is 7.21. The number of pyridine rings is 1. The van der Waals surface area contributed by atoms with Crippen LogP contribution in [0.5, 0.6) is 0 Å². The van der Waals surface area contributed by atoms with Gasteiger partial charge >= 0.3 is 0 Å². The Morgan fingerprint density at radius 1 is 1.09 bits per heavy atom. The van der Waals surface area contributed by atoms with Crippen molar-refractivity contribution in [1.82, 2.24) is 9.88 Å². The number of aryl methyl sites for hydroxylation is 2. The van der Waals surface area contributed by atoms with Gasteiger partial charge in [0.1, 0.15) is 24.0 Å². The zero-order chi connectivity index (χ0) is 23.3. The summed E-state index contributed by atoms with van der Waals surface area (Å²) in [6.07, 6.45) is 0. The maximum Gasteiger partial charge on any atom is 0.269 e. The maximum absolute atomic E-state index is 13.8. The summed E-state index contributed by atoms with van der Waals surface area (Å²) in [5, 5.41) is 14.5. The molecule has 0 atom stereocenters. The molecule has 0 spiro atoms. The van der Waals surface area contributed by atoms with Crippen molar-refractivity contribution in [2.75, 3.05) is 5.32 Å². The molecular weight excluding hydrogens is 411 g/mol. The van der Waals surface area contributed by atoms with Crippen molar-refractivity contribution < 1.29 is 14.0 Å². The van der Waals surface area contributed by atoms with E-state index in [2.05, 4.69) is 10.6 Å². The van der Waals surface area contributed by atoms with E-state index in [9.17, 15) is 24.0 Å². The van der Waals surface area contributed by atoms with Gasteiger partial charge in [-0.3, -0.25) is 14.4 Å². The van der Waals surface area contributed by atoms with E-state index in [1.807, 2.05) is 6.07 Å². The van der Waals surface area contributed by atoms with Gasteiger partial charge in [0.25, 0.3) is 11.5 Å². The minimum atomic E-state index is -0.545. The topological polar surface area (TPSA) is 104 Å². The fourth-order valence-electron chi connectivity index (χ4n) is 3.30. The largest absolute Gasteiger partial charge is 0.348 e. The molecule has 2 amide bonds. The SMILES string of the molecule is Cc1cc(C)n(CC(=O)Nc2ccccc2C(=O)NCc2ccccc2F)c(=O)c1C#N. The first kappa shape index (κ1) is 22.4. The Balaban J connectivity index is 1.76. The minimum Gasteiger partial charge on any atom is -0.348 e. The lowest BCUT2D eigenvalue weighted by molar-refractivity contribution is -0.116. The molecule has 0 fully saturated rings. The molecule has 0 saturated heterocycles. The number of amides is 2. The van der Waals surface area contributed by atoms with E-state index in [0.29, 0.717) is 16.8 Å². The molecule has 3 aromatic rings. The number of hydrogen-bond donors (Lipinski definition) is 2. The molecule has 0 saturated carbocycles. The fraction of sp³-hybridized carbons (Fsp3) is 0.167. The highest BCUT2D eigenvalue weighted by molar-refractivity contribution is 6.03. The second kappa shape index (κ2) is 9.71. The molecule has 8 heteroatoms. The number of hydrogen-bond acceptors (Lipinski definition) is 4. The molecule has 1 heterocycles. The predicted octanol–water partition coefficient (Wildman–Crippen LogP) is 3.04. The van der Waals surface area contributed by atoms with Crippen LogP contribution in [0.3, 0.4) is 0 Å². The van der Waals surface area contributed by atoms with E-state index < -0.39 is 23.2 Å². The van der Waals surface area contributed by atoms with Gasteiger partial charge in [0.15, 0.2) is 0 Å². The number of carbonyl (C=O) groups is 2. The Morgan fingerprint density at radius 2 is 1.78 bits per heavy atom. The normalized spacial score (nSPS) is 10.3. The molecule has 1 aromatic heterocycles. The number of anilines is 1. The Morgan fingerprint density at radius 3 is 2.50 bits per heavy atom. The molecule has 32 heavy (non-hydrogen) atoms. The molecule has 2 aromatic carbocycles. The second-order valence-corrected chi connectivity index (χ2v) is 7.21. The summed E-state index contributed by atoms with van der Waals surface area (Å²) in [6, 6.07) is 16.0. The first-order valence-corrected chi connectivity index (χ1v) is 9.83. The highest BCUT2D eigenvalue weighted by Gasteiger charge is 2.16. The lowest BCUT2D eigenvalue weighted by atomic mass is 10.1. The number of rotatable bonds is 6. The third-order valence-corrected chi connectivity index (χ3v) is 4.96. The third kappa shape index (κ3) is 4.90. The molecule has 0 aliphatic rings. The van der Waals surface area contributed by atoms with Crippen molar-refractivity contribution >= 4 is 17.5 Å². The van der Waals surface area contributed by atoms with E-state index >= 15 is 0 Å². The molecule has 2 N–H and O–H groups in total. The summed E-state index contributed by atoms with van der Waals surface area (Å²) in [5.41, 5.74) is 1.31. The van der Waals surface area contributed by atoms with Crippen molar-refractivity contribution in [3.63, 3.8) is 0 Å². The lowest BCUT2D eigenvalue weighted by Crippen LogP contribution is -2.32. The standard InChI is InChI=1S/C24H21FN4O3/c1-15-11-16(2)29(24(32)19(15)12-26)14-22(30)28-21-10-6-4-8-18(21)23(31)27-13-17-7-3-5-9-20(17)25/h3-11H,13-14H2,1-2H3,(H,27,31)(H,28,30). The first-order chi connectivity index (χ1) is 15.3. The van der Waals surface area contributed by atoms with Crippen molar-refractivity contribution in [2.24, 2.45) is 0 Å². The maximum atomic E-state index is 13.8. The molecule has 7 nitrogen and oxygen atoms in total. The average molecular weight is 432 g/mol. The van der Waals surface area contributed by atoms with E-state index in [0.717, 1.165) is 0 Å². The number of aromatic nitrogens is 1. The van der Waals surface area contributed by atoms with Crippen LogP contribution in [0.15, 0.2) is 59.4 Å². The van der Waals surface area contributed by atoms with Crippen molar-refractivity contribution in [3.8, 4) is 6.07 Å². The van der Waals surface area contributed by atoms with Crippen LogP contribution >= 0.6 is 0 Å². The smallest absolute Gasteiger partial charge is 0.269 e. The molecular formula is C24H21FN4O3. The van der Waals surface area contributed by atoms with Gasteiger partial charge in [-0.2, -0.15) is 5.26 Å². The van der Waals surface area contributed by atoms with Crippen LogP contribution in [-0.2, 0) is 17.9 Å². The van der Waals surface area contributed by atoms with Crippen molar-refractivity contribution in [3.05, 3.63) is 98.7 Å².